The van der Waals surface area contributed by atoms with E-state index in [0.717, 1.165) is 157 Å². The second-order valence-corrected chi connectivity index (χ2v) is 32.3. The molecule has 0 fully saturated rings. The maximum Gasteiger partial charge on any atom is 2.00 e. The number of anilines is 6. The number of para-hydroxylation sites is 2. The summed E-state index contributed by atoms with van der Waals surface area (Å²) in [4.78, 5) is 23.9. The number of nitrogens with zero attached hydrogens (tertiary/aromatic N) is 7. The van der Waals surface area contributed by atoms with E-state index in [2.05, 4.69) is 375 Å². The number of hydrogen-bond donors (Lipinski definition) is 0. The van der Waals surface area contributed by atoms with Gasteiger partial charge in [-0.05, 0) is 174 Å². The molecule has 610 valence electrons. The number of benzene rings is 15. The molecular weight excluding hydrogens is 2110 g/mol. The van der Waals surface area contributed by atoms with Gasteiger partial charge in [0, 0.05) is 35.9 Å². The molecule has 0 unspecified atom stereocenters. The van der Waals surface area contributed by atoms with Crippen molar-refractivity contribution >= 4 is 53.0 Å². The normalized spacial score (nSPS) is 10.5. The second-order valence-electron chi connectivity index (χ2n) is 29.0. The van der Waals surface area contributed by atoms with Gasteiger partial charge >= 0.3 is 77.4 Å². The Kier molecular flexibility index (Phi) is 30.7. The Labute approximate surface area is 777 Å². The molecule has 19 rings (SSSR count). The summed E-state index contributed by atoms with van der Waals surface area (Å²) in [7, 11) is 9.75. The van der Waals surface area contributed by atoms with Gasteiger partial charge in [0.15, 0.2) is 0 Å². The summed E-state index contributed by atoms with van der Waals surface area (Å²) >= 11 is -0.472. The van der Waals surface area contributed by atoms with Crippen LogP contribution < -0.4 is 9.80 Å². The summed E-state index contributed by atoms with van der Waals surface area (Å²) < 4.78 is 0. The number of pyridine rings is 4. The quantitative estimate of drug-likeness (QED) is 0.0792. The van der Waals surface area contributed by atoms with E-state index >= 15 is 0 Å². The minimum atomic E-state index is -0.472. The predicted octanol–water partition coefficient (Wildman–Crippen LogP) is 30.6. The Morgan fingerprint density at radius 1 is 0.256 bits per heavy atom. The maximum atomic E-state index is 8.29. The van der Waals surface area contributed by atoms with Crippen molar-refractivity contribution in [2.45, 2.75) is 13.8 Å². The molecule has 0 saturated heterocycles. The monoisotopic (exact) mass is 2190 g/mol. The van der Waals surface area contributed by atoms with Crippen LogP contribution in [-0.4, -0.2) is 19.9 Å². The van der Waals surface area contributed by atoms with E-state index in [0.29, 0.717) is 5.56 Å². The molecule has 0 N–H and O–H groups in total. The molecule has 0 aliphatic carbocycles. The van der Waals surface area contributed by atoms with Gasteiger partial charge in [0.1, 0.15) is 0 Å². The molecule has 0 amide bonds. The second kappa shape index (κ2) is 43.6. The molecule has 0 aliphatic rings. The third-order valence-electron chi connectivity index (χ3n) is 21.1. The average molecular weight is 2190 g/mol. The molecule has 19 aromatic rings. The number of nitriles is 1. The molecule has 7 nitrogen and oxygen atoms in total. The van der Waals surface area contributed by atoms with Crippen LogP contribution in [0.2, 0.25) is 0 Å². The number of aromatic nitrogens is 4. The van der Waals surface area contributed by atoms with Crippen LogP contribution in [0.3, 0.4) is 0 Å². The average Bonchev–Trinajstić information content (AvgIpc) is 0.767. The van der Waals surface area contributed by atoms with Gasteiger partial charge in [-0.25, -0.2) is 0 Å². The van der Waals surface area contributed by atoms with Gasteiger partial charge in [-0.15, -0.1) is 107 Å². The molecule has 0 saturated carbocycles. The summed E-state index contributed by atoms with van der Waals surface area (Å²) in [5.41, 5.74) is 33.7. The zero-order valence-electron chi connectivity index (χ0n) is 68.0. The fourth-order valence-electron chi connectivity index (χ4n) is 15.0. The third-order valence-corrected chi connectivity index (χ3v) is 21.1. The van der Waals surface area contributed by atoms with Crippen LogP contribution in [0.1, 0.15) is 16.7 Å². The first-order valence-corrected chi connectivity index (χ1v) is 45.9. The molecule has 125 heavy (non-hydrogen) atoms. The fraction of sp³-hybridized carbons (Fsp3) is 0.0177. The molecule has 12 heteroatoms. The van der Waals surface area contributed by atoms with Gasteiger partial charge in [-0.3, -0.25) is 0 Å². The van der Waals surface area contributed by atoms with Crippen LogP contribution in [0, 0.1) is 49.4 Å². The van der Waals surface area contributed by atoms with E-state index in [1.54, 1.807) is 12.1 Å². The van der Waals surface area contributed by atoms with Crippen LogP contribution in [0.5, 0.6) is 0 Å². The molecule has 4 heterocycles. The summed E-state index contributed by atoms with van der Waals surface area (Å²) in [6, 6.07) is 162. The van der Waals surface area contributed by atoms with Gasteiger partial charge in [0.05, 0.1) is 23.0 Å². The minimum Gasteiger partial charge on any atom is 2.00 e. The van der Waals surface area contributed by atoms with Crippen LogP contribution >= 0.6 is 18.8 Å². The molecule has 0 bridgehead atoms. The molecule has 0 spiro atoms. The smallest absolute Gasteiger partial charge is 2.00 e. The van der Waals surface area contributed by atoms with Gasteiger partial charge in [0.25, 0.3) is 0 Å². The molecule has 4 aromatic heterocycles. The van der Waals surface area contributed by atoms with Crippen LogP contribution in [0.25, 0.3) is 134 Å². The Balaban J connectivity index is 0.000000178. The van der Waals surface area contributed by atoms with Crippen molar-refractivity contribution in [3.63, 3.8) is 0 Å². The summed E-state index contributed by atoms with van der Waals surface area (Å²) in [6.45, 7) is 4.24. The first-order valence-electron chi connectivity index (χ1n) is 40.3. The zero-order valence-corrected chi connectivity index (χ0v) is 76.3. The summed E-state index contributed by atoms with van der Waals surface area (Å²) in [5.74, 6) is 0. The van der Waals surface area contributed by atoms with Crippen molar-refractivity contribution in [2.24, 2.45) is 0 Å². The number of hydrogen-bond acceptors (Lipinski definition) is 7. The van der Waals surface area contributed by atoms with Crippen LogP contribution in [0.4, 0.5) is 34.1 Å². The van der Waals surface area contributed by atoms with E-state index in [-0.39, 0.29) is 42.1 Å². The predicted molar refractivity (Wildman–Crippen MR) is 506 cm³/mol. The van der Waals surface area contributed by atoms with E-state index in [1.807, 2.05) is 110 Å². The standard InChI is InChI=1S/2C53H37N3.C7H5N.2ClH.3Pt/c2*1-38-37-55-52(36-50(38)43-29-27-41(28-30-43)39-16-5-2-6-17-39)44-22-15-23-47(33-44)56(53-26-12-11-24-49(53)42-20-9-4-10-21-42)48-34-45(40-18-7-3-8-19-40)32-46(35-48)51-25-13-14-31-54-51;8-6-7-4-2-1-3-5-7;;;;;/h2*2-32,34,36-37H,1H3;1-5H;2*1H;;;/q2*-2;;;;3*+2/p-2. The van der Waals surface area contributed by atoms with E-state index in [4.69, 9.17) is 44.0 Å². The molecule has 0 radical (unpaired) electrons. The minimum absolute atomic E-state index is 0. The Bertz CT molecular complexity index is 6250. The van der Waals surface area contributed by atoms with Crippen molar-refractivity contribution in [3.05, 3.63) is 484 Å². The van der Waals surface area contributed by atoms with E-state index in [1.165, 1.54) is 22.3 Å². The Morgan fingerprint density at radius 2 is 0.544 bits per heavy atom. The Morgan fingerprint density at radius 3 is 0.880 bits per heavy atom. The van der Waals surface area contributed by atoms with E-state index in [9.17, 15) is 0 Å². The topological polar surface area (TPSA) is 81.8 Å². The number of aryl methyl sites for hydroxylation is 2. The van der Waals surface area contributed by atoms with Gasteiger partial charge in [-0.2, -0.15) is 5.26 Å². The first-order chi connectivity index (χ1) is 60.7. The first kappa shape index (κ1) is 88.0. The largest absolute Gasteiger partial charge is 2.00 e. The maximum absolute atomic E-state index is 8.29. The molecule has 0 atom stereocenters. The van der Waals surface area contributed by atoms with Crippen LogP contribution in [0.15, 0.2) is 443 Å². The van der Waals surface area contributed by atoms with E-state index < -0.39 is 16.5 Å². The summed E-state index contributed by atoms with van der Waals surface area (Å²) in [5, 5.41) is 8.29. The van der Waals surface area contributed by atoms with Crippen molar-refractivity contribution < 1.29 is 58.6 Å². The van der Waals surface area contributed by atoms with Crippen molar-refractivity contribution in [2.75, 3.05) is 9.80 Å². The van der Waals surface area contributed by atoms with Gasteiger partial charge in [0.2, 0.25) is 0 Å². The molecule has 15 aromatic carbocycles. The van der Waals surface area contributed by atoms with Gasteiger partial charge < -0.3 is 29.7 Å². The number of rotatable bonds is 18. The van der Waals surface area contributed by atoms with Gasteiger partial charge in [-0.1, -0.05) is 333 Å². The summed E-state index contributed by atoms with van der Waals surface area (Å²) in [6.07, 6.45) is 7.60. The Hall–Kier alpha value is -13.4. The van der Waals surface area contributed by atoms with Crippen molar-refractivity contribution in [1.29, 1.82) is 5.26 Å². The number of halogens is 2. The fourth-order valence-corrected chi connectivity index (χ4v) is 15.0. The third kappa shape index (κ3) is 21.8. The molecular formula is C113H79Cl2N7Pt3. The van der Waals surface area contributed by atoms with Crippen molar-refractivity contribution in [3.8, 4) is 140 Å². The molecule has 0 aliphatic heterocycles. The SMILES string of the molecule is Cc1cnc(-c2[c-]c(N(c3[c-]c(-c4ccccn4)cc(-c4ccccc4)c3)c3ccccc3-c3ccccc3)ccc2)cc1-c1ccc(-c2ccccc2)cc1.Cc1cnc(-c2[c-]c(N(c3[c-]c(-c4ccccn4)cc(-c4ccccc4)c3)c3ccccc3-c3ccccc3)ccc2)cc1-c1ccc(-c2ccccc2)cc1.N#Cc1ccccc1.[Cl][Pt][Cl].[Pt+2].[Pt+2]. The van der Waals surface area contributed by atoms with Crippen molar-refractivity contribution in [1.82, 2.24) is 19.9 Å². The van der Waals surface area contributed by atoms with Crippen LogP contribution in [-0.2, 0) is 58.6 Å². The zero-order chi connectivity index (χ0) is 83.9.